The van der Waals surface area contributed by atoms with Gasteiger partial charge >= 0.3 is 0 Å². The molecule has 1 aromatic carbocycles. The first kappa shape index (κ1) is 14.0. The first-order valence-corrected chi connectivity index (χ1v) is 7.44. The first-order chi connectivity index (χ1) is 10.1. The molecule has 0 aromatic heterocycles. The second-order valence-corrected chi connectivity index (χ2v) is 5.91. The Bertz CT molecular complexity index is 567. The van der Waals surface area contributed by atoms with Crippen LogP contribution in [0.25, 0.3) is 0 Å². The van der Waals surface area contributed by atoms with Crippen LogP contribution in [0.3, 0.4) is 0 Å². The molecule has 1 heterocycles. The van der Waals surface area contributed by atoms with Crippen LogP contribution in [0.1, 0.15) is 31.2 Å². The fourth-order valence-corrected chi connectivity index (χ4v) is 3.36. The van der Waals surface area contributed by atoms with Crippen LogP contribution in [0.2, 0.25) is 0 Å². The summed E-state index contributed by atoms with van der Waals surface area (Å²) >= 11 is 0. The zero-order valence-corrected chi connectivity index (χ0v) is 11.9. The number of nitrogens with one attached hydrogen (secondary N) is 1. The monoisotopic (exact) mass is 290 g/mol. The summed E-state index contributed by atoms with van der Waals surface area (Å²) in [5.74, 6) is -0.372. The van der Waals surface area contributed by atoms with E-state index in [1.807, 2.05) is 0 Å². The Hall–Kier alpha value is -1.91. The molecule has 1 aliphatic heterocycles. The standard InChI is InChI=1S/C16H19FN2O2/c17-13-6-2-1-5-12(13)7-10-19-11-14(20)18-16(15(19)21)8-3-4-9-16/h1-2,5-6H,3-4,7-11H2,(H,18,20). The maximum atomic E-state index is 13.6. The topological polar surface area (TPSA) is 49.4 Å². The molecular formula is C16H19FN2O2. The molecule has 2 aliphatic rings. The molecule has 0 atom stereocenters. The Kier molecular flexibility index (Phi) is 3.66. The third kappa shape index (κ3) is 2.64. The van der Waals surface area contributed by atoms with Crippen LogP contribution in [-0.2, 0) is 16.0 Å². The highest BCUT2D eigenvalue weighted by molar-refractivity contribution is 5.98. The van der Waals surface area contributed by atoms with Crippen molar-refractivity contribution in [3.05, 3.63) is 35.6 Å². The fraction of sp³-hybridized carbons (Fsp3) is 0.500. The predicted molar refractivity (Wildman–Crippen MR) is 76.0 cm³/mol. The van der Waals surface area contributed by atoms with E-state index in [1.165, 1.54) is 6.07 Å². The van der Waals surface area contributed by atoms with Crippen molar-refractivity contribution >= 4 is 11.8 Å². The van der Waals surface area contributed by atoms with E-state index >= 15 is 0 Å². The average molecular weight is 290 g/mol. The Morgan fingerprint density at radius 2 is 1.90 bits per heavy atom. The first-order valence-electron chi connectivity index (χ1n) is 7.44. The minimum Gasteiger partial charge on any atom is -0.340 e. The van der Waals surface area contributed by atoms with E-state index in [1.54, 1.807) is 23.1 Å². The minimum atomic E-state index is -0.690. The summed E-state index contributed by atoms with van der Waals surface area (Å²) in [6, 6.07) is 6.56. The molecule has 1 saturated heterocycles. The summed E-state index contributed by atoms with van der Waals surface area (Å²) in [7, 11) is 0. The molecule has 2 fully saturated rings. The summed E-state index contributed by atoms with van der Waals surface area (Å²) in [6.45, 7) is 0.462. The number of nitrogens with zero attached hydrogens (tertiary/aromatic N) is 1. The van der Waals surface area contributed by atoms with E-state index in [0.29, 0.717) is 31.4 Å². The number of piperazine rings is 1. The lowest BCUT2D eigenvalue weighted by Gasteiger charge is -2.39. The number of halogens is 1. The summed E-state index contributed by atoms with van der Waals surface area (Å²) in [6.07, 6.45) is 3.80. The molecule has 112 valence electrons. The van der Waals surface area contributed by atoms with Crippen molar-refractivity contribution in [3.63, 3.8) is 0 Å². The molecule has 3 rings (SSSR count). The number of benzene rings is 1. The largest absolute Gasteiger partial charge is 0.340 e. The number of carbonyl (C=O) groups excluding carboxylic acids is 2. The summed E-state index contributed by atoms with van der Waals surface area (Å²) in [4.78, 5) is 26.1. The maximum absolute atomic E-state index is 13.6. The number of rotatable bonds is 3. The van der Waals surface area contributed by atoms with Gasteiger partial charge in [-0.3, -0.25) is 9.59 Å². The molecule has 1 aliphatic carbocycles. The molecule has 0 bridgehead atoms. The van der Waals surface area contributed by atoms with Gasteiger partial charge in [-0.2, -0.15) is 0 Å². The van der Waals surface area contributed by atoms with E-state index in [9.17, 15) is 14.0 Å². The molecule has 1 N–H and O–H groups in total. The number of amides is 2. The SMILES string of the molecule is O=C1CN(CCc2ccccc2F)C(=O)C2(CCCC2)N1. The number of hydrogen-bond donors (Lipinski definition) is 1. The van der Waals surface area contributed by atoms with Gasteiger partial charge in [0.2, 0.25) is 11.8 Å². The molecule has 0 radical (unpaired) electrons. The summed E-state index contributed by atoms with van der Waals surface area (Å²) in [5, 5.41) is 2.88. The summed E-state index contributed by atoms with van der Waals surface area (Å²) in [5.41, 5.74) is -0.110. The van der Waals surface area contributed by atoms with Gasteiger partial charge in [0.15, 0.2) is 0 Å². The van der Waals surface area contributed by atoms with Gasteiger partial charge in [-0.05, 0) is 30.9 Å². The molecule has 4 nitrogen and oxygen atoms in total. The second-order valence-electron chi connectivity index (χ2n) is 5.91. The molecule has 0 unspecified atom stereocenters. The van der Waals surface area contributed by atoms with Crippen LogP contribution in [-0.4, -0.2) is 35.3 Å². The van der Waals surface area contributed by atoms with Gasteiger partial charge in [-0.25, -0.2) is 4.39 Å². The maximum Gasteiger partial charge on any atom is 0.248 e. The van der Waals surface area contributed by atoms with Gasteiger partial charge in [-0.1, -0.05) is 31.0 Å². The number of carbonyl (C=O) groups is 2. The molecule has 21 heavy (non-hydrogen) atoms. The van der Waals surface area contributed by atoms with E-state index < -0.39 is 5.54 Å². The zero-order valence-electron chi connectivity index (χ0n) is 11.9. The Balaban J connectivity index is 1.71. The highest BCUT2D eigenvalue weighted by Crippen LogP contribution is 2.33. The van der Waals surface area contributed by atoms with Gasteiger partial charge < -0.3 is 10.2 Å². The Morgan fingerprint density at radius 1 is 1.19 bits per heavy atom. The molecule has 2 amide bonds. The average Bonchev–Trinajstić information content (AvgIpc) is 2.92. The van der Waals surface area contributed by atoms with Gasteiger partial charge in [0, 0.05) is 6.54 Å². The number of hydrogen-bond acceptors (Lipinski definition) is 2. The molecule has 1 aromatic rings. The van der Waals surface area contributed by atoms with Gasteiger partial charge in [0.25, 0.3) is 0 Å². The second kappa shape index (κ2) is 5.47. The third-order valence-corrected chi connectivity index (χ3v) is 4.48. The lowest BCUT2D eigenvalue weighted by Crippen LogP contribution is -2.65. The van der Waals surface area contributed by atoms with Crippen molar-refractivity contribution < 1.29 is 14.0 Å². The molecule has 1 saturated carbocycles. The lowest BCUT2D eigenvalue weighted by molar-refractivity contribution is -0.149. The van der Waals surface area contributed by atoms with Crippen LogP contribution in [0, 0.1) is 5.82 Å². The van der Waals surface area contributed by atoms with Crippen molar-refractivity contribution in [2.45, 2.75) is 37.6 Å². The highest BCUT2D eigenvalue weighted by atomic mass is 19.1. The van der Waals surface area contributed by atoms with Crippen molar-refractivity contribution in [2.75, 3.05) is 13.1 Å². The van der Waals surface area contributed by atoms with Crippen molar-refractivity contribution in [3.8, 4) is 0 Å². The van der Waals surface area contributed by atoms with Gasteiger partial charge in [0.1, 0.15) is 11.4 Å². The normalized spacial score (nSPS) is 20.9. The summed E-state index contributed by atoms with van der Waals surface area (Å²) < 4.78 is 13.6. The van der Waals surface area contributed by atoms with E-state index in [0.717, 1.165) is 12.8 Å². The Morgan fingerprint density at radius 3 is 2.62 bits per heavy atom. The lowest BCUT2D eigenvalue weighted by atomic mass is 9.93. The van der Waals surface area contributed by atoms with Crippen LogP contribution in [0.15, 0.2) is 24.3 Å². The van der Waals surface area contributed by atoms with Crippen LogP contribution >= 0.6 is 0 Å². The van der Waals surface area contributed by atoms with Crippen molar-refractivity contribution in [2.24, 2.45) is 0 Å². The highest BCUT2D eigenvalue weighted by Gasteiger charge is 2.47. The zero-order chi connectivity index (χ0) is 14.9. The van der Waals surface area contributed by atoms with Crippen LogP contribution < -0.4 is 5.32 Å². The Labute approximate surface area is 123 Å². The fourth-order valence-electron chi connectivity index (χ4n) is 3.36. The molecule has 5 heteroatoms. The van der Waals surface area contributed by atoms with Crippen molar-refractivity contribution in [1.82, 2.24) is 10.2 Å². The van der Waals surface area contributed by atoms with Crippen LogP contribution in [0.4, 0.5) is 4.39 Å². The van der Waals surface area contributed by atoms with Gasteiger partial charge in [0.05, 0.1) is 6.54 Å². The van der Waals surface area contributed by atoms with Crippen LogP contribution in [0.5, 0.6) is 0 Å². The molecule has 1 spiro atoms. The quantitative estimate of drug-likeness (QED) is 0.920. The smallest absolute Gasteiger partial charge is 0.248 e. The molecular weight excluding hydrogens is 271 g/mol. The van der Waals surface area contributed by atoms with Crippen molar-refractivity contribution in [1.29, 1.82) is 0 Å². The van der Waals surface area contributed by atoms with E-state index in [-0.39, 0.29) is 24.2 Å². The minimum absolute atomic E-state index is 0.00376. The third-order valence-electron chi connectivity index (χ3n) is 4.48. The van der Waals surface area contributed by atoms with E-state index in [2.05, 4.69) is 5.32 Å². The predicted octanol–water partition coefficient (Wildman–Crippen LogP) is 1.64. The van der Waals surface area contributed by atoms with E-state index in [4.69, 9.17) is 0 Å². The van der Waals surface area contributed by atoms with Gasteiger partial charge in [-0.15, -0.1) is 0 Å².